The molecule has 54 valence electrons. The van der Waals surface area contributed by atoms with Crippen LogP contribution in [0, 0.1) is 0 Å². The van der Waals surface area contributed by atoms with E-state index in [-0.39, 0.29) is 0 Å². The molecular formula is C7H7ClS2. The van der Waals surface area contributed by atoms with Crippen molar-refractivity contribution in [3.05, 3.63) is 29.1 Å². The van der Waals surface area contributed by atoms with Gasteiger partial charge >= 0.3 is 0 Å². The molecule has 10 heavy (non-hydrogen) atoms. The number of rotatable bonds is 3. The van der Waals surface area contributed by atoms with E-state index in [0.717, 1.165) is 5.75 Å². The first-order chi connectivity index (χ1) is 4.79. The van der Waals surface area contributed by atoms with Crippen LogP contribution in [0.1, 0.15) is 0 Å². The summed E-state index contributed by atoms with van der Waals surface area (Å²) in [7, 11) is 0. The van der Waals surface area contributed by atoms with E-state index < -0.39 is 0 Å². The van der Waals surface area contributed by atoms with Gasteiger partial charge < -0.3 is 0 Å². The maximum atomic E-state index is 5.58. The summed E-state index contributed by atoms with van der Waals surface area (Å²) in [5, 5.41) is 2.76. The minimum atomic E-state index is 0.707. The van der Waals surface area contributed by atoms with Crippen molar-refractivity contribution in [2.24, 2.45) is 0 Å². The van der Waals surface area contributed by atoms with E-state index in [2.05, 4.69) is 18.0 Å². The Morgan fingerprint density at radius 3 is 3.10 bits per heavy atom. The van der Waals surface area contributed by atoms with E-state index in [1.165, 1.54) is 4.21 Å². The Balaban J connectivity index is 2.35. The Morgan fingerprint density at radius 2 is 2.60 bits per heavy atom. The highest BCUT2D eigenvalue weighted by Gasteiger charge is 1.93. The average Bonchev–Trinajstić information content (AvgIpc) is 2.34. The first kappa shape index (κ1) is 8.18. The largest absolute Gasteiger partial charge is 0.137 e. The van der Waals surface area contributed by atoms with Gasteiger partial charge in [0, 0.05) is 10.8 Å². The van der Waals surface area contributed by atoms with Crippen LogP contribution in [0.15, 0.2) is 33.3 Å². The molecule has 1 aromatic heterocycles. The molecule has 0 aliphatic carbocycles. The highest BCUT2D eigenvalue weighted by atomic mass is 35.5. The van der Waals surface area contributed by atoms with Crippen LogP contribution in [0.25, 0.3) is 0 Å². The van der Waals surface area contributed by atoms with Crippen molar-refractivity contribution < 1.29 is 0 Å². The first-order valence-corrected chi connectivity index (χ1v) is 5.03. The molecule has 0 saturated heterocycles. The zero-order chi connectivity index (χ0) is 7.40. The monoisotopic (exact) mass is 190 g/mol. The van der Waals surface area contributed by atoms with Gasteiger partial charge in [0.2, 0.25) is 0 Å². The molecule has 0 N–H and O–H groups in total. The summed E-state index contributed by atoms with van der Waals surface area (Å²) < 4.78 is 1.29. The van der Waals surface area contributed by atoms with Gasteiger partial charge in [-0.15, -0.1) is 23.1 Å². The third kappa shape index (κ3) is 2.78. The van der Waals surface area contributed by atoms with Crippen LogP contribution in [0.2, 0.25) is 0 Å². The lowest BCUT2D eigenvalue weighted by atomic mass is 10.7. The zero-order valence-electron chi connectivity index (χ0n) is 5.34. The third-order valence-electron chi connectivity index (χ3n) is 0.866. The second-order valence-corrected chi connectivity index (χ2v) is 4.50. The lowest BCUT2D eigenvalue weighted by Gasteiger charge is -1.92. The normalized spacial score (nSPS) is 9.70. The van der Waals surface area contributed by atoms with Gasteiger partial charge in [0.25, 0.3) is 0 Å². The van der Waals surface area contributed by atoms with Gasteiger partial charge in [-0.1, -0.05) is 24.2 Å². The third-order valence-corrected chi connectivity index (χ3v) is 3.38. The summed E-state index contributed by atoms with van der Waals surface area (Å²) in [6.07, 6.45) is 0. The van der Waals surface area contributed by atoms with Gasteiger partial charge in [-0.05, 0) is 11.4 Å². The van der Waals surface area contributed by atoms with E-state index in [4.69, 9.17) is 11.6 Å². The van der Waals surface area contributed by atoms with Gasteiger partial charge in [0.15, 0.2) is 0 Å². The van der Waals surface area contributed by atoms with E-state index >= 15 is 0 Å². The van der Waals surface area contributed by atoms with Crippen LogP contribution in [-0.2, 0) is 0 Å². The van der Waals surface area contributed by atoms with Crippen molar-refractivity contribution in [2.45, 2.75) is 4.21 Å². The molecule has 0 aromatic carbocycles. The molecular weight excluding hydrogens is 184 g/mol. The molecule has 0 saturated carbocycles. The molecule has 0 fully saturated rings. The van der Waals surface area contributed by atoms with Crippen molar-refractivity contribution in [2.75, 3.05) is 5.75 Å². The number of hydrogen-bond acceptors (Lipinski definition) is 2. The van der Waals surface area contributed by atoms with Crippen LogP contribution >= 0.6 is 34.7 Å². The SMILES string of the molecule is C=C(Cl)CSc1cccs1. The molecule has 0 aliphatic rings. The molecule has 0 amide bonds. The predicted molar refractivity (Wildman–Crippen MR) is 50.0 cm³/mol. The second-order valence-electron chi connectivity index (χ2n) is 1.74. The summed E-state index contributed by atoms with van der Waals surface area (Å²) in [5.41, 5.74) is 0. The molecule has 1 heterocycles. The van der Waals surface area contributed by atoms with Crippen molar-refractivity contribution in [1.82, 2.24) is 0 Å². The molecule has 1 rings (SSSR count). The van der Waals surface area contributed by atoms with Gasteiger partial charge in [-0.2, -0.15) is 0 Å². The molecule has 0 radical (unpaired) electrons. The predicted octanol–water partition coefficient (Wildman–Crippen LogP) is 3.59. The van der Waals surface area contributed by atoms with Crippen molar-refractivity contribution in [1.29, 1.82) is 0 Å². The van der Waals surface area contributed by atoms with E-state index in [1.54, 1.807) is 23.1 Å². The fourth-order valence-corrected chi connectivity index (χ4v) is 2.20. The van der Waals surface area contributed by atoms with Gasteiger partial charge in [-0.25, -0.2) is 0 Å². The maximum absolute atomic E-state index is 5.58. The van der Waals surface area contributed by atoms with E-state index in [0.29, 0.717) is 5.03 Å². The summed E-state index contributed by atoms with van der Waals surface area (Å²) in [6.45, 7) is 3.60. The molecule has 1 aromatic rings. The number of thiophene rings is 1. The zero-order valence-corrected chi connectivity index (χ0v) is 7.73. The Morgan fingerprint density at radius 1 is 1.80 bits per heavy atom. The molecule has 0 atom stereocenters. The lowest BCUT2D eigenvalue weighted by molar-refractivity contribution is 1.67. The van der Waals surface area contributed by atoms with Crippen LogP contribution in [0.4, 0.5) is 0 Å². The highest BCUT2D eigenvalue weighted by molar-refractivity contribution is 8.01. The van der Waals surface area contributed by atoms with Gasteiger partial charge in [0.1, 0.15) is 0 Å². The molecule has 0 nitrogen and oxygen atoms in total. The van der Waals surface area contributed by atoms with Gasteiger partial charge in [-0.3, -0.25) is 0 Å². The van der Waals surface area contributed by atoms with Gasteiger partial charge in [0.05, 0.1) is 4.21 Å². The fraction of sp³-hybridized carbons (Fsp3) is 0.143. The summed E-state index contributed by atoms with van der Waals surface area (Å²) in [5.74, 6) is 0.808. The summed E-state index contributed by atoms with van der Waals surface area (Å²) in [6, 6.07) is 4.11. The maximum Gasteiger partial charge on any atom is 0.0602 e. The molecule has 0 aliphatic heterocycles. The smallest absolute Gasteiger partial charge is 0.0602 e. The molecule has 0 unspecified atom stereocenters. The number of thioether (sulfide) groups is 1. The van der Waals surface area contributed by atoms with Crippen molar-refractivity contribution >= 4 is 34.7 Å². The van der Waals surface area contributed by atoms with Crippen LogP contribution in [0.3, 0.4) is 0 Å². The van der Waals surface area contributed by atoms with Crippen molar-refractivity contribution in [3.8, 4) is 0 Å². The van der Waals surface area contributed by atoms with Crippen LogP contribution in [0.5, 0.6) is 0 Å². The Bertz CT molecular complexity index is 203. The average molecular weight is 191 g/mol. The quantitative estimate of drug-likeness (QED) is 0.657. The lowest BCUT2D eigenvalue weighted by Crippen LogP contribution is -1.71. The topological polar surface area (TPSA) is 0 Å². The van der Waals surface area contributed by atoms with E-state index in [1.807, 2.05) is 6.07 Å². The summed E-state index contributed by atoms with van der Waals surface area (Å²) >= 11 is 9.03. The minimum Gasteiger partial charge on any atom is -0.137 e. The number of hydrogen-bond donors (Lipinski definition) is 0. The van der Waals surface area contributed by atoms with E-state index in [9.17, 15) is 0 Å². The number of halogens is 1. The molecule has 3 heteroatoms. The molecule has 0 spiro atoms. The molecule has 0 bridgehead atoms. The Labute approximate surface area is 73.9 Å². The summed E-state index contributed by atoms with van der Waals surface area (Å²) in [4.78, 5) is 0. The second kappa shape index (κ2) is 4.06. The minimum absolute atomic E-state index is 0.707. The van der Waals surface area contributed by atoms with Crippen LogP contribution < -0.4 is 0 Å². The fourth-order valence-electron chi connectivity index (χ4n) is 0.495. The van der Waals surface area contributed by atoms with Crippen LogP contribution in [-0.4, -0.2) is 5.75 Å². The standard InChI is InChI=1S/C7H7ClS2/c1-6(8)5-10-7-3-2-4-9-7/h2-4H,1,5H2. The highest BCUT2D eigenvalue weighted by Crippen LogP contribution is 2.25. The Kier molecular flexibility index (Phi) is 3.32. The Hall–Kier alpha value is 0.0800. The first-order valence-electron chi connectivity index (χ1n) is 2.78. The van der Waals surface area contributed by atoms with Crippen molar-refractivity contribution in [3.63, 3.8) is 0 Å².